The summed E-state index contributed by atoms with van der Waals surface area (Å²) in [6.45, 7) is 3.04. The van der Waals surface area contributed by atoms with Gasteiger partial charge in [0.05, 0.1) is 10.2 Å². The molecule has 3 aromatic heterocycles. The first-order valence-corrected chi connectivity index (χ1v) is 10.2. The van der Waals surface area contributed by atoms with Crippen LogP contribution in [0.15, 0.2) is 29.8 Å². The molecule has 3 N–H and O–H groups in total. The second kappa shape index (κ2) is 6.81. The lowest BCUT2D eigenvalue weighted by atomic mass is 10.2. The molecule has 4 heterocycles. The highest BCUT2D eigenvalue weighted by Gasteiger charge is 2.21. The van der Waals surface area contributed by atoms with Crippen molar-refractivity contribution in [3.8, 4) is 11.4 Å². The van der Waals surface area contributed by atoms with Crippen molar-refractivity contribution in [2.24, 2.45) is 5.92 Å². The highest BCUT2D eigenvalue weighted by atomic mass is 32.1. The molecule has 1 atom stereocenters. The fourth-order valence-corrected chi connectivity index (χ4v) is 4.08. The predicted octanol–water partition coefficient (Wildman–Crippen LogP) is 3.35. The van der Waals surface area contributed by atoms with E-state index in [1.54, 1.807) is 11.3 Å². The molecule has 5 rings (SSSR count). The Morgan fingerprint density at radius 3 is 3.00 bits per heavy atom. The molecule has 0 unspecified atom stereocenters. The Bertz CT molecular complexity index is 913. The monoisotopic (exact) mass is 366 g/mol. The molecule has 0 aromatic carbocycles. The molecule has 1 saturated carbocycles. The first kappa shape index (κ1) is 16.0. The maximum absolute atomic E-state index is 4.86. The third-order valence-corrected chi connectivity index (χ3v) is 5.90. The van der Waals surface area contributed by atoms with Crippen LogP contribution in [0, 0.1) is 5.92 Å². The smallest absolute Gasteiger partial charge is 0.162 e. The van der Waals surface area contributed by atoms with Gasteiger partial charge in [-0.1, -0.05) is 0 Å². The topological polar surface area (TPSA) is 74.8 Å². The van der Waals surface area contributed by atoms with Gasteiger partial charge >= 0.3 is 0 Å². The highest BCUT2D eigenvalue weighted by molar-refractivity contribution is 7.17. The van der Waals surface area contributed by atoms with Crippen LogP contribution in [0.5, 0.6) is 0 Å². The fourth-order valence-electron chi connectivity index (χ4n) is 3.30. The molecule has 1 saturated heterocycles. The predicted molar refractivity (Wildman–Crippen MR) is 107 cm³/mol. The molecule has 6 nitrogen and oxygen atoms in total. The zero-order valence-electron chi connectivity index (χ0n) is 14.5. The van der Waals surface area contributed by atoms with Crippen molar-refractivity contribution < 1.29 is 0 Å². The van der Waals surface area contributed by atoms with E-state index >= 15 is 0 Å². The number of thiophene rings is 1. The number of hydrogen-bond acceptors (Lipinski definition) is 7. The largest absolute Gasteiger partial charge is 0.370 e. The Hall–Kier alpha value is -2.25. The number of hydrogen-bond donors (Lipinski definition) is 3. The zero-order valence-corrected chi connectivity index (χ0v) is 15.4. The van der Waals surface area contributed by atoms with Crippen LogP contribution in [-0.4, -0.2) is 40.6 Å². The quantitative estimate of drug-likeness (QED) is 0.621. The van der Waals surface area contributed by atoms with E-state index in [2.05, 4.69) is 38.4 Å². The summed E-state index contributed by atoms with van der Waals surface area (Å²) in [6, 6.07) is 6.53. The Kier molecular flexibility index (Phi) is 4.18. The lowest BCUT2D eigenvalue weighted by Gasteiger charge is -2.14. The summed E-state index contributed by atoms with van der Waals surface area (Å²) in [5, 5.41) is 12.5. The van der Waals surface area contributed by atoms with Gasteiger partial charge in [0.25, 0.3) is 0 Å². The summed E-state index contributed by atoms with van der Waals surface area (Å²) >= 11 is 1.69. The first-order chi connectivity index (χ1) is 12.8. The lowest BCUT2D eigenvalue weighted by Crippen LogP contribution is -2.22. The SMILES string of the molecule is c1cc(-c2nc(N[C@@H]3CCNC3)c3sccc3n2)cc(NCC2CC2)n1. The number of nitrogens with zero attached hydrogens (tertiary/aromatic N) is 3. The number of nitrogens with one attached hydrogen (secondary N) is 3. The van der Waals surface area contributed by atoms with Gasteiger partial charge in [-0.2, -0.15) is 0 Å². The molecule has 3 aromatic rings. The molecule has 0 bridgehead atoms. The Labute approximate surface area is 156 Å². The summed E-state index contributed by atoms with van der Waals surface area (Å²) in [5.74, 6) is 3.41. The summed E-state index contributed by atoms with van der Waals surface area (Å²) < 4.78 is 1.13. The average molecular weight is 366 g/mol. The van der Waals surface area contributed by atoms with Crippen molar-refractivity contribution in [3.05, 3.63) is 29.8 Å². The molecule has 1 aliphatic carbocycles. The van der Waals surface area contributed by atoms with Crippen LogP contribution in [0.4, 0.5) is 11.6 Å². The minimum absolute atomic E-state index is 0.427. The van der Waals surface area contributed by atoms with Crippen LogP contribution >= 0.6 is 11.3 Å². The third-order valence-electron chi connectivity index (χ3n) is 4.99. The van der Waals surface area contributed by atoms with E-state index in [-0.39, 0.29) is 0 Å². The number of fused-ring (bicyclic) bond motifs is 1. The standard InChI is InChI=1S/C19H22N6S/c1-2-12(1)10-22-16-9-13(3-7-21-16)18-24-15-5-8-26-17(15)19(25-18)23-14-4-6-20-11-14/h3,5,7-9,12,14,20H,1-2,4,6,10-11H2,(H,21,22)(H,23,24,25)/t14-/m1/s1. The van der Waals surface area contributed by atoms with Crippen LogP contribution in [0.1, 0.15) is 19.3 Å². The van der Waals surface area contributed by atoms with Gasteiger partial charge < -0.3 is 16.0 Å². The molecule has 26 heavy (non-hydrogen) atoms. The van der Waals surface area contributed by atoms with Crippen molar-refractivity contribution in [3.63, 3.8) is 0 Å². The lowest BCUT2D eigenvalue weighted by molar-refractivity contribution is 0.789. The van der Waals surface area contributed by atoms with Crippen LogP contribution in [-0.2, 0) is 0 Å². The zero-order chi connectivity index (χ0) is 17.3. The Balaban J connectivity index is 1.46. The van der Waals surface area contributed by atoms with E-state index in [1.807, 2.05) is 12.3 Å². The molecule has 0 spiro atoms. The maximum atomic E-state index is 4.86. The highest BCUT2D eigenvalue weighted by Crippen LogP contribution is 2.31. The van der Waals surface area contributed by atoms with Gasteiger partial charge in [-0.3, -0.25) is 0 Å². The molecule has 2 fully saturated rings. The van der Waals surface area contributed by atoms with Crippen molar-refractivity contribution in [1.82, 2.24) is 20.3 Å². The van der Waals surface area contributed by atoms with Gasteiger partial charge in [0.2, 0.25) is 0 Å². The molecule has 1 aliphatic heterocycles. The van der Waals surface area contributed by atoms with Crippen LogP contribution in [0.2, 0.25) is 0 Å². The van der Waals surface area contributed by atoms with E-state index in [0.29, 0.717) is 6.04 Å². The van der Waals surface area contributed by atoms with E-state index in [1.165, 1.54) is 12.8 Å². The minimum atomic E-state index is 0.427. The third kappa shape index (κ3) is 3.37. The van der Waals surface area contributed by atoms with Crippen molar-refractivity contribution in [2.45, 2.75) is 25.3 Å². The maximum Gasteiger partial charge on any atom is 0.162 e. The molecule has 2 aliphatic rings. The molecular formula is C19H22N6S. The summed E-state index contributed by atoms with van der Waals surface area (Å²) in [6.07, 6.45) is 5.61. The van der Waals surface area contributed by atoms with Crippen LogP contribution < -0.4 is 16.0 Å². The van der Waals surface area contributed by atoms with Gasteiger partial charge in [-0.25, -0.2) is 15.0 Å². The van der Waals surface area contributed by atoms with Gasteiger partial charge in [-0.05, 0) is 55.3 Å². The molecule has 7 heteroatoms. The van der Waals surface area contributed by atoms with E-state index < -0.39 is 0 Å². The molecule has 0 amide bonds. The summed E-state index contributed by atoms with van der Waals surface area (Å²) in [5.41, 5.74) is 2.00. The molecule has 134 valence electrons. The van der Waals surface area contributed by atoms with E-state index in [9.17, 15) is 0 Å². The van der Waals surface area contributed by atoms with Crippen molar-refractivity contribution in [2.75, 3.05) is 30.3 Å². The van der Waals surface area contributed by atoms with Crippen molar-refractivity contribution >= 4 is 33.2 Å². The fraction of sp³-hybridized carbons (Fsp3) is 0.421. The molecule has 0 radical (unpaired) electrons. The average Bonchev–Trinajstić information content (AvgIpc) is 3.13. The van der Waals surface area contributed by atoms with Crippen LogP contribution in [0.25, 0.3) is 21.6 Å². The van der Waals surface area contributed by atoms with E-state index in [4.69, 9.17) is 9.97 Å². The van der Waals surface area contributed by atoms with Gasteiger partial charge in [0.15, 0.2) is 5.82 Å². The van der Waals surface area contributed by atoms with Gasteiger partial charge in [0.1, 0.15) is 11.6 Å². The normalized spacial score (nSPS) is 19.8. The Morgan fingerprint density at radius 1 is 1.19 bits per heavy atom. The minimum Gasteiger partial charge on any atom is -0.370 e. The van der Waals surface area contributed by atoms with Crippen LogP contribution in [0.3, 0.4) is 0 Å². The Morgan fingerprint density at radius 2 is 2.15 bits per heavy atom. The van der Waals surface area contributed by atoms with Gasteiger partial charge in [-0.15, -0.1) is 11.3 Å². The first-order valence-electron chi connectivity index (χ1n) is 9.28. The number of aromatic nitrogens is 3. The summed E-state index contributed by atoms with van der Waals surface area (Å²) in [7, 11) is 0. The number of rotatable bonds is 6. The molecular weight excluding hydrogens is 344 g/mol. The van der Waals surface area contributed by atoms with Gasteiger partial charge in [0, 0.05) is 30.9 Å². The summed E-state index contributed by atoms with van der Waals surface area (Å²) in [4.78, 5) is 14.1. The van der Waals surface area contributed by atoms with E-state index in [0.717, 1.165) is 65.2 Å². The van der Waals surface area contributed by atoms with Crippen molar-refractivity contribution in [1.29, 1.82) is 0 Å². The number of anilines is 2. The number of pyridine rings is 1. The second-order valence-electron chi connectivity index (χ2n) is 7.12. The second-order valence-corrected chi connectivity index (χ2v) is 8.03.